The van der Waals surface area contributed by atoms with Gasteiger partial charge in [0.25, 0.3) is 0 Å². The minimum Gasteiger partial charge on any atom is -0.379 e. The summed E-state index contributed by atoms with van der Waals surface area (Å²) in [6.07, 6.45) is 0.637. The van der Waals surface area contributed by atoms with Crippen molar-refractivity contribution in [3.8, 4) is 5.75 Å². The van der Waals surface area contributed by atoms with E-state index in [2.05, 4.69) is 20.8 Å². The molecule has 0 saturated heterocycles. The van der Waals surface area contributed by atoms with Gasteiger partial charge in [-0.1, -0.05) is 32.9 Å². The number of amides is 1. The normalized spacial score (nSPS) is 14.2. The molecule has 5 nitrogen and oxygen atoms in total. The van der Waals surface area contributed by atoms with Gasteiger partial charge in [-0.15, -0.1) is 0 Å². The second kappa shape index (κ2) is 6.43. The molecule has 0 saturated carbocycles. The average Bonchev–Trinajstić information content (AvgIpc) is 2.97. The summed E-state index contributed by atoms with van der Waals surface area (Å²) < 4.78 is 30.5. The number of hydrogen-bond donors (Lipinski definition) is 0. The van der Waals surface area contributed by atoms with Crippen LogP contribution in [-0.4, -0.2) is 20.9 Å². The maximum Gasteiger partial charge on any atom is 0.339 e. The Morgan fingerprint density at radius 3 is 2.31 bits per heavy atom. The average molecular weight is 373 g/mol. The number of carbonyl (C=O) groups is 1. The largest absolute Gasteiger partial charge is 0.379 e. The first kappa shape index (κ1) is 18.5. The van der Waals surface area contributed by atoms with Crippen molar-refractivity contribution in [1.29, 1.82) is 0 Å². The van der Waals surface area contributed by atoms with Gasteiger partial charge in [0.05, 0.1) is 0 Å². The van der Waals surface area contributed by atoms with Crippen LogP contribution in [0.3, 0.4) is 0 Å². The highest BCUT2D eigenvalue weighted by molar-refractivity contribution is 7.87. The Labute approximate surface area is 154 Å². The minimum absolute atomic E-state index is 0.0139. The van der Waals surface area contributed by atoms with E-state index < -0.39 is 10.1 Å². The molecule has 0 radical (unpaired) electrons. The van der Waals surface area contributed by atoms with Gasteiger partial charge in [-0.25, -0.2) is 0 Å². The second-order valence-corrected chi connectivity index (χ2v) is 9.07. The molecule has 0 atom stereocenters. The summed E-state index contributed by atoms with van der Waals surface area (Å²) in [5, 5.41) is 0. The predicted octanol–water partition coefficient (Wildman–Crippen LogP) is 3.66. The van der Waals surface area contributed by atoms with E-state index in [9.17, 15) is 13.2 Å². The topological polar surface area (TPSA) is 63.7 Å². The number of rotatable bonds is 3. The maximum absolute atomic E-state index is 12.6. The van der Waals surface area contributed by atoms with Gasteiger partial charge in [0.1, 0.15) is 10.6 Å². The molecule has 3 rings (SSSR count). The third-order valence-corrected chi connectivity index (χ3v) is 5.78. The smallest absolute Gasteiger partial charge is 0.339 e. The van der Waals surface area contributed by atoms with Crippen LogP contribution in [0, 0.1) is 0 Å². The fourth-order valence-corrected chi connectivity index (χ4v) is 4.03. The molecular formula is C20H23NO4S. The molecule has 6 heteroatoms. The first-order valence-corrected chi connectivity index (χ1v) is 9.95. The van der Waals surface area contributed by atoms with Gasteiger partial charge in [0, 0.05) is 19.2 Å². The quantitative estimate of drug-likeness (QED) is 0.770. The fourth-order valence-electron chi connectivity index (χ4n) is 3.05. The Balaban J connectivity index is 1.84. The lowest BCUT2D eigenvalue weighted by atomic mass is 9.87. The standard InChI is InChI=1S/C20H23NO4S/c1-14(22)21-12-11-15-13-18(9-10-19(15)21)26(23,24)25-17-7-5-16(6-8-17)20(2,3)4/h5-10,13H,11-12H2,1-4H3. The second-order valence-electron chi connectivity index (χ2n) is 7.52. The van der Waals surface area contributed by atoms with Crippen molar-refractivity contribution in [2.24, 2.45) is 0 Å². The summed E-state index contributed by atoms with van der Waals surface area (Å²) in [5.41, 5.74) is 2.70. The number of anilines is 1. The van der Waals surface area contributed by atoms with E-state index >= 15 is 0 Å². The summed E-state index contributed by atoms with van der Waals surface area (Å²) in [6.45, 7) is 8.35. The Kier molecular flexibility index (Phi) is 4.56. The van der Waals surface area contributed by atoms with Crippen molar-refractivity contribution in [3.05, 3.63) is 53.6 Å². The van der Waals surface area contributed by atoms with E-state index in [0.29, 0.717) is 13.0 Å². The van der Waals surface area contributed by atoms with Gasteiger partial charge in [0.2, 0.25) is 5.91 Å². The lowest BCUT2D eigenvalue weighted by molar-refractivity contribution is -0.116. The molecule has 0 aromatic heterocycles. The molecule has 1 aliphatic heterocycles. The van der Waals surface area contributed by atoms with E-state index in [1.54, 1.807) is 29.2 Å². The zero-order valence-electron chi connectivity index (χ0n) is 15.4. The van der Waals surface area contributed by atoms with Crippen LogP contribution in [0.25, 0.3) is 0 Å². The van der Waals surface area contributed by atoms with Crippen molar-refractivity contribution in [3.63, 3.8) is 0 Å². The van der Waals surface area contributed by atoms with E-state index in [-0.39, 0.29) is 22.0 Å². The van der Waals surface area contributed by atoms with E-state index in [1.807, 2.05) is 12.1 Å². The first-order valence-electron chi connectivity index (χ1n) is 8.54. The highest BCUT2D eigenvalue weighted by atomic mass is 32.2. The predicted molar refractivity (Wildman–Crippen MR) is 101 cm³/mol. The molecule has 1 heterocycles. The molecule has 1 aliphatic rings. The van der Waals surface area contributed by atoms with Crippen LogP contribution in [-0.2, 0) is 26.7 Å². The Hall–Kier alpha value is -2.34. The van der Waals surface area contributed by atoms with Crippen LogP contribution in [0.5, 0.6) is 5.75 Å². The molecule has 1 amide bonds. The Bertz CT molecular complexity index is 941. The van der Waals surface area contributed by atoms with Crippen LogP contribution < -0.4 is 9.08 Å². The van der Waals surface area contributed by atoms with Crippen molar-refractivity contribution >= 4 is 21.7 Å². The third kappa shape index (κ3) is 3.60. The summed E-state index contributed by atoms with van der Waals surface area (Å²) >= 11 is 0. The number of benzene rings is 2. The molecule has 0 aliphatic carbocycles. The number of fused-ring (bicyclic) bond motifs is 1. The lowest BCUT2D eigenvalue weighted by Crippen LogP contribution is -2.25. The van der Waals surface area contributed by atoms with E-state index in [4.69, 9.17) is 4.18 Å². The number of nitrogens with zero attached hydrogens (tertiary/aromatic N) is 1. The molecular weight excluding hydrogens is 350 g/mol. The maximum atomic E-state index is 12.6. The Morgan fingerprint density at radius 1 is 1.08 bits per heavy atom. The SMILES string of the molecule is CC(=O)N1CCc2cc(S(=O)(=O)Oc3ccc(C(C)(C)C)cc3)ccc21. The monoisotopic (exact) mass is 373 g/mol. The van der Waals surface area contributed by atoms with Gasteiger partial charge in [-0.2, -0.15) is 8.42 Å². The van der Waals surface area contributed by atoms with Crippen molar-refractivity contribution in [2.45, 2.75) is 44.4 Å². The van der Waals surface area contributed by atoms with Crippen molar-refractivity contribution < 1.29 is 17.4 Å². The molecule has 0 fully saturated rings. The molecule has 26 heavy (non-hydrogen) atoms. The van der Waals surface area contributed by atoms with Gasteiger partial charge >= 0.3 is 10.1 Å². The lowest BCUT2D eigenvalue weighted by Gasteiger charge is -2.19. The first-order chi connectivity index (χ1) is 12.1. The van der Waals surface area contributed by atoms with Crippen LogP contribution in [0.1, 0.15) is 38.8 Å². The summed E-state index contributed by atoms with van der Waals surface area (Å²) in [6, 6.07) is 11.8. The van der Waals surface area contributed by atoms with Gasteiger partial charge in [0.15, 0.2) is 0 Å². The highest BCUT2D eigenvalue weighted by Gasteiger charge is 2.25. The minimum atomic E-state index is -3.92. The Morgan fingerprint density at radius 2 is 1.73 bits per heavy atom. The van der Waals surface area contributed by atoms with E-state index in [0.717, 1.165) is 16.8 Å². The molecule has 138 valence electrons. The van der Waals surface area contributed by atoms with Crippen molar-refractivity contribution in [2.75, 3.05) is 11.4 Å². The van der Waals surface area contributed by atoms with Crippen LogP contribution in [0.2, 0.25) is 0 Å². The van der Waals surface area contributed by atoms with Gasteiger partial charge < -0.3 is 9.08 Å². The van der Waals surface area contributed by atoms with Gasteiger partial charge in [-0.3, -0.25) is 4.79 Å². The summed E-state index contributed by atoms with van der Waals surface area (Å²) in [4.78, 5) is 13.4. The fraction of sp³-hybridized carbons (Fsp3) is 0.350. The molecule has 2 aromatic rings. The highest BCUT2D eigenvalue weighted by Crippen LogP contribution is 2.31. The zero-order chi connectivity index (χ0) is 19.1. The van der Waals surface area contributed by atoms with Crippen molar-refractivity contribution in [1.82, 2.24) is 0 Å². The van der Waals surface area contributed by atoms with Gasteiger partial charge in [-0.05, 0) is 53.3 Å². The molecule has 0 N–H and O–H groups in total. The summed E-state index contributed by atoms with van der Waals surface area (Å²) in [5.74, 6) is 0.235. The molecule has 0 bridgehead atoms. The van der Waals surface area contributed by atoms with Crippen LogP contribution >= 0.6 is 0 Å². The number of carbonyl (C=O) groups excluding carboxylic acids is 1. The third-order valence-electron chi connectivity index (χ3n) is 4.54. The number of hydrogen-bond acceptors (Lipinski definition) is 4. The molecule has 0 unspecified atom stereocenters. The molecule has 2 aromatic carbocycles. The van der Waals surface area contributed by atoms with Crippen LogP contribution in [0.15, 0.2) is 47.4 Å². The molecule has 0 spiro atoms. The van der Waals surface area contributed by atoms with Crippen LogP contribution in [0.4, 0.5) is 5.69 Å². The van der Waals surface area contributed by atoms with E-state index in [1.165, 1.54) is 13.0 Å². The summed E-state index contributed by atoms with van der Waals surface area (Å²) in [7, 11) is -3.92. The zero-order valence-corrected chi connectivity index (χ0v) is 16.3.